The van der Waals surface area contributed by atoms with Crippen molar-refractivity contribution in [2.24, 2.45) is 0 Å². The molecule has 0 radical (unpaired) electrons. The number of anilines is 2. The van der Waals surface area contributed by atoms with Gasteiger partial charge in [0, 0.05) is 49.6 Å². The Morgan fingerprint density at radius 1 is 1.17 bits per heavy atom. The van der Waals surface area contributed by atoms with Crippen molar-refractivity contribution in [3.63, 3.8) is 0 Å². The van der Waals surface area contributed by atoms with Gasteiger partial charge in [0.15, 0.2) is 0 Å². The molecule has 0 unspecified atom stereocenters. The van der Waals surface area contributed by atoms with Crippen molar-refractivity contribution < 1.29 is 4.79 Å². The lowest BCUT2D eigenvalue weighted by Gasteiger charge is -2.37. The molecule has 1 aliphatic heterocycles. The highest BCUT2D eigenvalue weighted by atomic mass is 35.5. The van der Waals surface area contributed by atoms with E-state index in [0.717, 1.165) is 42.7 Å². The van der Waals surface area contributed by atoms with Crippen LogP contribution in [0.1, 0.15) is 17.3 Å². The van der Waals surface area contributed by atoms with Crippen LogP contribution in [0.3, 0.4) is 0 Å². The van der Waals surface area contributed by atoms with E-state index in [0.29, 0.717) is 12.1 Å². The number of carbonyl (C=O) groups is 1. The van der Waals surface area contributed by atoms with Crippen LogP contribution >= 0.6 is 11.6 Å². The first kappa shape index (κ1) is 16.6. The third-order valence-corrected chi connectivity index (χ3v) is 4.36. The van der Waals surface area contributed by atoms with Crippen LogP contribution in [0, 0.1) is 0 Å². The first-order valence-electron chi connectivity index (χ1n) is 8.17. The fourth-order valence-corrected chi connectivity index (χ4v) is 3.12. The highest BCUT2D eigenvalue weighted by molar-refractivity contribution is 6.30. The first-order valence-corrected chi connectivity index (χ1v) is 8.55. The Morgan fingerprint density at radius 3 is 2.62 bits per heavy atom. The Morgan fingerprint density at radius 2 is 1.92 bits per heavy atom. The number of rotatable bonds is 4. The third-order valence-electron chi connectivity index (χ3n) is 4.12. The normalized spacial score (nSPS) is 14.6. The van der Waals surface area contributed by atoms with Gasteiger partial charge in [0.2, 0.25) is 0 Å². The number of halogens is 1. The van der Waals surface area contributed by atoms with Crippen LogP contribution in [0.15, 0.2) is 42.6 Å². The van der Waals surface area contributed by atoms with Gasteiger partial charge in [-0.1, -0.05) is 17.7 Å². The SMILES string of the molecule is CCNC(=O)c1cccnc1N1CCN(c2cccc(Cl)c2)CC1. The summed E-state index contributed by atoms with van der Waals surface area (Å²) in [4.78, 5) is 21.1. The van der Waals surface area contributed by atoms with Gasteiger partial charge in [0.25, 0.3) is 5.91 Å². The lowest BCUT2D eigenvalue weighted by Crippen LogP contribution is -2.47. The molecular weight excluding hydrogens is 324 g/mol. The van der Waals surface area contributed by atoms with Gasteiger partial charge in [-0.25, -0.2) is 4.98 Å². The Balaban J connectivity index is 1.72. The second kappa shape index (κ2) is 7.53. The minimum absolute atomic E-state index is 0.0714. The second-order valence-corrected chi connectivity index (χ2v) is 6.12. The van der Waals surface area contributed by atoms with Gasteiger partial charge in [0.1, 0.15) is 5.82 Å². The van der Waals surface area contributed by atoms with E-state index < -0.39 is 0 Å². The fraction of sp³-hybridized carbons (Fsp3) is 0.333. The minimum Gasteiger partial charge on any atom is -0.368 e. The van der Waals surface area contributed by atoms with Crippen molar-refractivity contribution >= 4 is 29.0 Å². The summed E-state index contributed by atoms with van der Waals surface area (Å²) in [7, 11) is 0. The zero-order valence-electron chi connectivity index (χ0n) is 13.7. The van der Waals surface area contributed by atoms with Crippen LogP contribution in [0.5, 0.6) is 0 Å². The van der Waals surface area contributed by atoms with Gasteiger partial charge in [-0.05, 0) is 37.3 Å². The molecule has 126 valence electrons. The van der Waals surface area contributed by atoms with E-state index in [1.807, 2.05) is 31.2 Å². The van der Waals surface area contributed by atoms with Crippen molar-refractivity contribution in [3.8, 4) is 0 Å². The summed E-state index contributed by atoms with van der Waals surface area (Å²) >= 11 is 6.08. The van der Waals surface area contributed by atoms with Crippen LogP contribution < -0.4 is 15.1 Å². The number of benzene rings is 1. The number of hydrogen-bond acceptors (Lipinski definition) is 4. The van der Waals surface area contributed by atoms with Crippen molar-refractivity contribution in [2.45, 2.75) is 6.92 Å². The summed E-state index contributed by atoms with van der Waals surface area (Å²) in [5.74, 6) is 0.687. The summed E-state index contributed by atoms with van der Waals surface area (Å²) in [5, 5.41) is 3.60. The van der Waals surface area contributed by atoms with Gasteiger partial charge in [-0.3, -0.25) is 4.79 Å². The molecule has 1 fully saturated rings. The predicted molar refractivity (Wildman–Crippen MR) is 98.1 cm³/mol. The number of amides is 1. The lowest BCUT2D eigenvalue weighted by atomic mass is 10.2. The maximum Gasteiger partial charge on any atom is 0.255 e. The molecular formula is C18H21ClN4O. The lowest BCUT2D eigenvalue weighted by molar-refractivity contribution is 0.0956. The maximum atomic E-state index is 12.2. The molecule has 1 amide bonds. The van der Waals surface area contributed by atoms with Crippen molar-refractivity contribution in [2.75, 3.05) is 42.5 Å². The van der Waals surface area contributed by atoms with Gasteiger partial charge in [-0.15, -0.1) is 0 Å². The summed E-state index contributed by atoms with van der Waals surface area (Å²) in [5.41, 5.74) is 1.77. The molecule has 1 aromatic heterocycles. The van der Waals surface area contributed by atoms with Gasteiger partial charge < -0.3 is 15.1 Å². The highest BCUT2D eigenvalue weighted by Crippen LogP contribution is 2.23. The van der Waals surface area contributed by atoms with E-state index in [-0.39, 0.29) is 5.91 Å². The van der Waals surface area contributed by atoms with Crippen LogP contribution in [0.25, 0.3) is 0 Å². The van der Waals surface area contributed by atoms with Crippen LogP contribution in [-0.4, -0.2) is 43.6 Å². The molecule has 0 bridgehead atoms. The molecule has 0 atom stereocenters. The smallest absolute Gasteiger partial charge is 0.255 e. The number of hydrogen-bond donors (Lipinski definition) is 1. The van der Waals surface area contributed by atoms with E-state index in [9.17, 15) is 4.79 Å². The van der Waals surface area contributed by atoms with E-state index in [1.54, 1.807) is 12.3 Å². The Hall–Kier alpha value is -2.27. The quantitative estimate of drug-likeness (QED) is 0.926. The molecule has 6 heteroatoms. The molecule has 1 N–H and O–H groups in total. The predicted octanol–water partition coefficient (Wildman–Crippen LogP) is 2.81. The molecule has 5 nitrogen and oxygen atoms in total. The molecule has 3 rings (SSSR count). The van der Waals surface area contributed by atoms with E-state index >= 15 is 0 Å². The van der Waals surface area contributed by atoms with Crippen molar-refractivity contribution in [1.29, 1.82) is 0 Å². The molecule has 24 heavy (non-hydrogen) atoms. The standard InChI is InChI=1S/C18H21ClN4O/c1-2-20-18(24)16-7-4-8-21-17(16)23-11-9-22(10-12-23)15-6-3-5-14(19)13-15/h3-8,13H,2,9-12H2,1H3,(H,20,24). The third kappa shape index (κ3) is 3.62. The van der Waals surface area contributed by atoms with Crippen LogP contribution in [-0.2, 0) is 0 Å². The number of nitrogens with one attached hydrogen (secondary N) is 1. The molecule has 0 saturated carbocycles. The molecule has 0 spiro atoms. The van der Waals surface area contributed by atoms with Gasteiger partial charge >= 0.3 is 0 Å². The van der Waals surface area contributed by atoms with Crippen LogP contribution in [0.2, 0.25) is 5.02 Å². The largest absolute Gasteiger partial charge is 0.368 e. The number of carbonyl (C=O) groups excluding carboxylic acids is 1. The second-order valence-electron chi connectivity index (χ2n) is 5.69. The average molecular weight is 345 g/mol. The monoisotopic (exact) mass is 344 g/mol. The summed E-state index contributed by atoms with van der Waals surface area (Å²) in [6.45, 7) is 5.89. The molecule has 1 aliphatic rings. The zero-order valence-corrected chi connectivity index (χ0v) is 14.5. The van der Waals surface area contributed by atoms with Crippen molar-refractivity contribution in [3.05, 3.63) is 53.2 Å². The minimum atomic E-state index is -0.0714. The van der Waals surface area contributed by atoms with E-state index in [2.05, 4.69) is 26.2 Å². The Kier molecular flexibility index (Phi) is 5.20. The topological polar surface area (TPSA) is 48.5 Å². The average Bonchev–Trinajstić information content (AvgIpc) is 2.62. The summed E-state index contributed by atoms with van der Waals surface area (Å²) < 4.78 is 0. The summed E-state index contributed by atoms with van der Waals surface area (Å²) in [6, 6.07) is 11.5. The molecule has 0 aliphatic carbocycles. The summed E-state index contributed by atoms with van der Waals surface area (Å²) in [6.07, 6.45) is 1.74. The highest BCUT2D eigenvalue weighted by Gasteiger charge is 2.22. The van der Waals surface area contributed by atoms with Crippen molar-refractivity contribution in [1.82, 2.24) is 10.3 Å². The number of nitrogens with zero attached hydrogens (tertiary/aromatic N) is 3. The van der Waals surface area contributed by atoms with Crippen LogP contribution in [0.4, 0.5) is 11.5 Å². The van der Waals surface area contributed by atoms with Gasteiger partial charge in [0.05, 0.1) is 5.56 Å². The Labute approximate surface area is 147 Å². The molecule has 2 aromatic rings. The van der Waals surface area contributed by atoms with E-state index in [4.69, 9.17) is 11.6 Å². The number of pyridine rings is 1. The first-order chi connectivity index (χ1) is 11.7. The Bertz CT molecular complexity index is 714. The zero-order chi connectivity index (χ0) is 16.9. The number of aromatic nitrogens is 1. The molecule has 1 aromatic carbocycles. The maximum absolute atomic E-state index is 12.2. The van der Waals surface area contributed by atoms with Gasteiger partial charge in [-0.2, -0.15) is 0 Å². The van der Waals surface area contributed by atoms with E-state index in [1.165, 1.54) is 0 Å². The fourth-order valence-electron chi connectivity index (χ4n) is 2.93. The molecule has 2 heterocycles. The number of piperazine rings is 1. The molecule has 1 saturated heterocycles.